The van der Waals surface area contributed by atoms with Crippen molar-refractivity contribution in [2.24, 2.45) is 0 Å². The van der Waals surface area contributed by atoms with Gasteiger partial charge in [-0.3, -0.25) is 9.42 Å². The van der Waals surface area contributed by atoms with Crippen LogP contribution in [0.15, 0.2) is 42.0 Å². The molecular weight excluding hydrogens is 540 g/mol. The summed E-state index contributed by atoms with van der Waals surface area (Å²) in [6.45, 7) is 5.42. The van der Waals surface area contributed by atoms with Gasteiger partial charge in [-0.25, -0.2) is 17.7 Å². The van der Waals surface area contributed by atoms with Gasteiger partial charge < -0.3 is 0 Å². The maximum atomic E-state index is 13.8. The van der Waals surface area contributed by atoms with E-state index in [1.807, 2.05) is 18.7 Å². The normalized spacial score (nSPS) is 25.0. The molecule has 1 aliphatic rings. The summed E-state index contributed by atoms with van der Waals surface area (Å²) in [6.07, 6.45) is -7.09. The van der Waals surface area contributed by atoms with Crippen molar-refractivity contribution in [3.8, 4) is 0 Å². The molecule has 0 amide bonds. The second-order valence-electron chi connectivity index (χ2n) is 6.88. The predicted octanol–water partition coefficient (Wildman–Crippen LogP) is 7.12. The molecule has 2 atom stereocenters. The third-order valence-corrected chi connectivity index (χ3v) is 6.11. The zero-order valence-corrected chi connectivity index (χ0v) is 18.5. The van der Waals surface area contributed by atoms with E-state index < -0.39 is 48.9 Å². The summed E-state index contributed by atoms with van der Waals surface area (Å²) in [6, 6.07) is 7.98. The van der Waals surface area contributed by atoms with Gasteiger partial charge in [0.1, 0.15) is 6.73 Å². The van der Waals surface area contributed by atoms with Gasteiger partial charge in [0.05, 0.1) is 5.30 Å². The largest absolute Gasteiger partial charge is 0.435 e. The molecule has 202 valence electrons. The molecule has 0 saturated heterocycles. The van der Waals surface area contributed by atoms with Crippen molar-refractivity contribution < 1.29 is 66.0 Å². The molecule has 0 spiro atoms. The molecular formula is C18H17F13NO2P. The van der Waals surface area contributed by atoms with Crippen LogP contribution < -0.4 is 5.30 Å². The van der Waals surface area contributed by atoms with Crippen molar-refractivity contribution in [1.29, 1.82) is 0 Å². The fourth-order valence-electron chi connectivity index (χ4n) is 2.52. The van der Waals surface area contributed by atoms with Crippen LogP contribution in [-0.2, 0) is 9.09 Å². The Balaban J connectivity index is 0.000000355. The predicted molar refractivity (Wildman–Crippen MR) is 97.6 cm³/mol. The first-order valence-electron chi connectivity index (χ1n) is 9.34. The number of benzene rings is 1. The average molecular weight is 557 g/mol. The van der Waals surface area contributed by atoms with Gasteiger partial charge in [0.15, 0.2) is 5.83 Å². The van der Waals surface area contributed by atoms with Crippen LogP contribution in [0, 0.1) is 0 Å². The smallest absolute Gasteiger partial charge is 0.286 e. The van der Waals surface area contributed by atoms with Gasteiger partial charge in [0.2, 0.25) is 5.83 Å². The Bertz CT molecular complexity index is 947. The highest BCUT2D eigenvalue weighted by Crippen LogP contribution is 2.65. The number of hydrogen-bond donors (Lipinski definition) is 0. The van der Waals surface area contributed by atoms with Crippen LogP contribution >= 0.6 is 7.68 Å². The van der Waals surface area contributed by atoms with E-state index in [1.165, 1.54) is 12.1 Å². The van der Waals surface area contributed by atoms with Gasteiger partial charge >= 0.3 is 37.3 Å². The van der Waals surface area contributed by atoms with E-state index >= 15 is 0 Å². The van der Waals surface area contributed by atoms with Gasteiger partial charge in [-0.1, -0.05) is 32.0 Å². The molecule has 0 aromatic heterocycles. The van der Waals surface area contributed by atoms with E-state index in [0.29, 0.717) is 0 Å². The number of hydrogen-bond acceptors (Lipinski definition) is 3. The minimum Gasteiger partial charge on any atom is -0.286 e. The Labute approximate surface area is 190 Å². The van der Waals surface area contributed by atoms with Crippen molar-refractivity contribution in [1.82, 2.24) is 4.90 Å². The standard InChI is InChI=1S/C11H17FNO2P.C7F12/c1-3-13(4-2)10-15-16(12,14)11-8-6-5-7-9-11;8-1-2(9)4(11,12)6(15,16)5(13,14)3(1,10)7(17,18)19/h5-9H,3-4,10H2,1-2H3;. The lowest BCUT2D eigenvalue weighted by molar-refractivity contribution is -0.390. The van der Waals surface area contributed by atoms with Crippen LogP contribution in [0.1, 0.15) is 13.8 Å². The zero-order valence-electron chi connectivity index (χ0n) is 17.6. The molecule has 2 rings (SSSR count). The summed E-state index contributed by atoms with van der Waals surface area (Å²) in [5.74, 6) is -29.6. The lowest BCUT2D eigenvalue weighted by Crippen LogP contribution is -2.71. The maximum Gasteiger partial charge on any atom is 0.435 e. The summed E-state index contributed by atoms with van der Waals surface area (Å²) in [7, 11) is -4.17. The SMILES string of the molecule is CCN(CC)COP(=O)(F)c1ccccc1.FC1=C(F)C(F)(C(F)(F)F)C(F)(F)C(F)(F)C1(F)F. The maximum absolute atomic E-state index is 13.8. The van der Waals surface area contributed by atoms with E-state index in [2.05, 4.69) is 0 Å². The Morgan fingerprint density at radius 1 is 0.857 bits per heavy atom. The molecule has 0 radical (unpaired) electrons. The highest BCUT2D eigenvalue weighted by molar-refractivity contribution is 7.61. The van der Waals surface area contributed by atoms with Crippen molar-refractivity contribution in [3.63, 3.8) is 0 Å². The van der Waals surface area contributed by atoms with Crippen LogP contribution in [0.2, 0.25) is 0 Å². The first-order valence-corrected chi connectivity index (χ1v) is 10.9. The van der Waals surface area contributed by atoms with E-state index in [9.17, 15) is 61.4 Å². The van der Waals surface area contributed by atoms with Crippen molar-refractivity contribution in [2.45, 2.75) is 43.5 Å². The van der Waals surface area contributed by atoms with Gasteiger partial charge in [-0.2, -0.15) is 43.7 Å². The number of allylic oxidation sites excluding steroid dienone is 2. The molecule has 2 unspecified atom stereocenters. The molecule has 17 heteroatoms. The van der Waals surface area contributed by atoms with Crippen LogP contribution in [0.3, 0.4) is 0 Å². The Morgan fingerprint density at radius 2 is 1.31 bits per heavy atom. The summed E-state index contributed by atoms with van der Waals surface area (Å²) in [5, 5.41) is 0.113. The molecule has 0 heterocycles. The summed E-state index contributed by atoms with van der Waals surface area (Å²) in [4.78, 5) is 1.86. The molecule has 0 N–H and O–H groups in total. The quantitative estimate of drug-likeness (QED) is 0.212. The molecule has 0 fully saturated rings. The molecule has 35 heavy (non-hydrogen) atoms. The average Bonchev–Trinajstić information content (AvgIpc) is 2.77. The third-order valence-electron chi connectivity index (χ3n) is 4.75. The molecule has 0 aliphatic heterocycles. The Hall–Kier alpha value is -1.80. The van der Waals surface area contributed by atoms with Crippen molar-refractivity contribution in [3.05, 3.63) is 42.0 Å². The monoisotopic (exact) mass is 557 g/mol. The van der Waals surface area contributed by atoms with Crippen LogP contribution in [0.5, 0.6) is 0 Å². The van der Waals surface area contributed by atoms with E-state index in [0.717, 1.165) is 13.1 Å². The first-order chi connectivity index (χ1) is 15.7. The van der Waals surface area contributed by atoms with Crippen molar-refractivity contribution >= 4 is 13.0 Å². The topological polar surface area (TPSA) is 29.5 Å². The molecule has 1 aromatic carbocycles. The highest BCUT2D eigenvalue weighted by atomic mass is 31.2. The molecule has 1 aliphatic carbocycles. The van der Waals surface area contributed by atoms with Gasteiger partial charge in [-0.15, -0.1) is 0 Å². The zero-order chi connectivity index (χ0) is 27.7. The second-order valence-corrected chi connectivity index (χ2v) is 8.62. The molecule has 3 nitrogen and oxygen atoms in total. The summed E-state index contributed by atoms with van der Waals surface area (Å²) < 4.78 is 179. The summed E-state index contributed by atoms with van der Waals surface area (Å²) >= 11 is 0. The van der Waals surface area contributed by atoms with Gasteiger partial charge in [-0.05, 0) is 25.2 Å². The highest BCUT2D eigenvalue weighted by Gasteiger charge is 2.92. The van der Waals surface area contributed by atoms with Crippen LogP contribution in [-0.4, -0.2) is 54.3 Å². The third kappa shape index (κ3) is 5.33. The van der Waals surface area contributed by atoms with E-state index in [1.54, 1.807) is 18.2 Å². The lowest BCUT2D eigenvalue weighted by atomic mass is 9.81. The fourth-order valence-corrected chi connectivity index (χ4v) is 3.51. The number of alkyl halides is 10. The molecule has 0 bridgehead atoms. The number of nitrogens with zero attached hydrogens (tertiary/aromatic N) is 1. The lowest BCUT2D eigenvalue weighted by Gasteiger charge is -2.43. The van der Waals surface area contributed by atoms with Gasteiger partial charge in [0.25, 0.3) is 0 Å². The van der Waals surface area contributed by atoms with E-state index in [-0.39, 0.29) is 12.0 Å². The number of rotatable bonds is 6. The summed E-state index contributed by atoms with van der Waals surface area (Å²) in [5.41, 5.74) is -6.89. The Kier molecular flexibility index (Phi) is 9.18. The van der Waals surface area contributed by atoms with Crippen LogP contribution in [0.25, 0.3) is 0 Å². The van der Waals surface area contributed by atoms with Crippen molar-refractivity contribution in [2.75, 3.05) is 19.8 Å². The van der Waals surface area contributed by atoms with Gasteiger partial charge in [0, 0.05) is 0 Å². The first kappa shape index (κ1) is 31.2. The van der Waals surface area contributed by atoms with E-state index in [4.69, 9.17) is 4.52 Å². The second kappa shape index (κ2) is 10.3. The fraction of sp³-hybridized carbons (Fsp3) is 0.556. The minimum atomic E-state index is -7.25. The van der Waals surface area contributed by atoms with Crippen LogP contribution in [0.4, 0.5) is 56.9 Å². The Morgan fingerprint density at radius 3 is 1.71 bits per heavy atom. The molecule has 0 saturated carbocycles. The minimum absolute atomic E-state index is 0.0513. The molecule has 1 aromatic rings. The number of halogens is 13.